The summed E-state index contributed by atoms with van der Waals surface area (Å²) < 4.78 is 26.6. The van der Waals surface area contributed by atoms with Crippen LogP contribution in [-0.2, 0) is 10.0 Å². The van der Waals surface area contributed by atoms with Crippen molar-refractivity contribution in [3.8, 4) is 0 Å². The second kappa shape index (κ2) is 5.64. The third-order valence-corrected chi connectivity index (χ3v) is 5.75. The van der Waals surface area contributed by atoms with Crippen molar-refractivity contribution in [3.63, 3.8) is 0 Å². The summed E-state index contributed by atoms with van der Waals surface area (Å²) in [6, 6.07) is 2.86. The molecule has 0 radical (unpaired) electrons. The van der Waals surface area contributed by atoms with Gasteiger partial charge in [-0.05, 0) is 18.6 Å². The van der Waals surface area contributed by atoms with Gasteiger partial charge < -0.3 is 10.2 Å². The van der Waals surface area contributed by atoms with Gasteiger partial charge in [-0.25, -0.2) is 8.42 Å². The summed E-state index contributed by atoms with van der Waals surface area (Å²) in [6.07, 6.45) is 0.276. The van der Waals surface area contributed by atoms with Gasteiger partial charge in [0, 0.05) is 0 Å². The number of thiophene rings is 1. The van der Waals surface area contributed by atoms with Gasteiger partial charge in [-0.2, -0.15) is 4.72 Å². The molecule has 3 N–H and O–H groups in total. The van der Waals surface area contributed by atoms with Crippen LogP contribution in [0.5, 0.6) is 0 Å². The molecule has 0 fully saturated rings. The van der Waals surface area contributed by atoms with Crippen LogP contribution in [0.15, 0.2) is 16.3 Å². The first-order valence-electron chi connectivity index (χ1n) is 4.90. The van der Waals surface area contributed by atoms with Gasteiger partial charge >= 0.3 is 0 Å². The minimum absolute atomic E-state index is 0.0576. The molecule has 98 valence electrons. The number of halogens is 1. The molecule has 0 aliphatic carbocycles. The van der Waals surface area contributed by atoms with Crippen LogP contribution in [0.4, 0.5) is 0 Å². The van der Waals surface area contributed by atoms with Crippen molar-refractivity contribution < 1.29 is 18.6 Å². The Kier molecular flexibility index (Phi) is 4.94. The van der Waals surface area contributed by atoms with Crippen LogP contribution in [-0.4, -0.2) is 37.4 Å². The van der Waals surface area contributed by atoms with Crippen molar-refractivity contribution in [2.45, 2.75) is 23.1 Å². The zero-order valence-electron chi connectivity index (χ0n) is 9.18. The molecule has 1 rings (SSSR count). The third-order valence-electron chi connectivity index (χ3n) is 2.45. The van der Waals surface area contributed by atoms with Crippen LogP contribution in [0, 0.1) is 0 Å². The van der Waals surface area contributed by atoms with Crippen LogP contribution < -0.4 is 4.72 Å². The number of sulfonamides is 1. The Morgan fingerprint density at radius 3 is 2.35 bits per heavy atom. The zero-order valence-corrected chi connectivity index (χ0v) is 11.6. The second-order valence-electron chi connectivity index (χ2n) is 3.61. The largest absolute Gasteiger partial charge is 0.394 e. The summed E-state index contributed by atoms with van der Waals surface area (Å²) in [7, 11) is -3.77. The monoisotopic (exact) mass is 299 g/mol. The lowest BCUT2D eigenvalue weighted by Gasteiger charge is -2.28. The average Bonchev–Trinajstić information content (AvgIpc) is 2.74. The Morgan fingerprint density at radius 2 is 2.00 bits per heavy atom. The van der Waals surface area contributed by atoms with Gasteiger partial charge in [-0.1, -0.05) is 18.5 Å². The molecule has 0 saturated carbocycles. The fraction of sp³-hybridized carbons (Fsp3) is 0.556. The number of hydrogen-bond donors (Lipinski definition) is 3. The van der Waals surface area contributed by atoms with Crippen molar-refractivity contribution in [2.24, 2.45) is 0 Å². The summed E-state index contributed by atoms with van der Waals surface area (Å²) in [4.78, 5) is 0. The maximum absolute atomic E-state index is 12.0. The predicted molar refractivity (Wildman–Crippen MR) is 66.8 cm³/mol. The van der Waals surface area contributed by atoms with Crippen LogP contribution in [0.2, 0.25) is 4.34 Å². The Balaban J connectivity index is 3.00. The summed E-state index contributed by atoms with van der Waals surface area (Å²) >= 11 is 6.59. The quantitative estimate of drug-likeness (QED) is 0.725. The Hall–Kier alpha value is -0.180. The molecule has 1 heterocycles. The van der Waals surface area contributed by atoms with Crippen LogP contribution >= 0.6 is 22.9 Å². The topological polar surface area (TPSA) is 86.6 Å². The number of nitrogens with one attached hydrogen (secondary N) is 1. The maximum Gasteiger partial charge on any atom is 0.250 e. The Morgan fingerprint density at radius 1 is 1.41 bits per heavy atom. The maximum atomic E-state index is 12.0. The van der Waals surface area contributed by atoms with E-state index in [1.165, 1.54) is 12.1 Å². The summed E-state index contributed by atoms with van der Waals surface area (Å²) in [5.41, 5.74) is -1.24. The highest BCUT2D eigenvalue weighted by Gasteiger charge is 2.33. The van der Waals surface area contributed by atoms with Crippen LogP contribution in [0.25, 0.3) is 0 Å². The fourth-order valence-electron chi connectivity index (χ4n) is 1.19. The number of hydrogen-bond acceptors (Lipinski definition) is 5. The first-order valence-corrected chi connectivity index (χ1v) is 7.58. The normalized spacial score (nSPS) is 12.9. The SMILES string of the molecule is CCC(CO)(CO)NS(=O)(=O)c1ccc(Cl)s1. The molecule has 0 bridgehead atoms. The van der Waals surface area contributed by atoms with E-state index in [9.17, 15) is 18.6 Å². The number of aliphatic hydroxyl groups is 2. The Bertz CT molecular complexity index is 459. The van der Waals surface area contributed by atoms with E-state index < -0.39 is 28.8 Å². The molecular weight excluding hydrogens is 286 g/mol. The fourth-order valence-corrected chi connectivity index (χ4v) is 4.13. The standard InChI is InChI=1S/C9H14ClNO4S2/c1-2-9(5-12,6-13)11-17(14,15)8-4-3-7(10)16-8/h3-4,11-13H,2,5-6H2,1H3. The van der Waals surface area contributed by atoms with Crippen LogP contribution in [0.1, 0.15) is 13.3 Å². The first-order chi connectivity index (χ1) is 7.89. The molecule has 0 unspecified atom stereocenters. The van der Waals surface area contributed by atoms with Gasteiger partial charge in [-0.15, -0.1) is 11.3 Å². The minimum atomic E-state index is -3.77. The van der Waals surface area contributed by atoms with Crippen molar-refractivity contribution >= 4 is 33.0 Å². The van der Waals surface area contributed by atoms with Gasteiger partial charge in [0.15, 0.2) is 0 Å². The molecule has 0 amide bonds. The molecule has 1 aromatic rings. The van der Waals surface area contributed by atoms with Crippen molar-refractivity contribution in [1.29, 1.82) is 0 Å². The molecule has 1 aromatic heterocycles. The van der Waals surface area contributed by atoms with Gasteiger partial charge in [0.25, 0.3) is 10.0 Å². The molecule has 0 atom stereocenters. The van der Waals surface area contributed by atoms with Crippen molar-refractivity contribution in [3.05, 3.63) is 16.5 Å². The average molecular weight is 300 g/mol. The molecular formula is C9H14ClNO4S2. The van der Waals surface area contributed by atoms with E-state index in [2.05, 4.69) is 4.72 Å². The van der Waals surface area contributed by atoms with Gasteiger partial charge in [0.2, 0.25) is 0 Å². The molecule has 0 spiro atoms. The number of aliphatic hydroxyl groups excluding tert-OH is 2. The van der Waals surface area contributed by atoms with E-state index >= 15 is 0 Å². The predicted octanol–water partition coefficient (Wildman–Crippen LogP) is 0.813. The number of rotatable bonds is 6. The molecule has 0 aliphatic rings. The van der Waals surface area contributed by atoms with E-state index in [-0.39, 0.29) is 10.6 Å². The third kappa shape index (κ3) is 3.40. The first kappa shape index (κ1) is 14.9. The summed E-state index contributed by atoms with van der Waals surface area (Å²) in [5.74, 6) is 0. The highest BCUT2D eigenvalue weighted by Crippen LogP contribution is 2.26. The second-order valence-corrected chi connectivity index (χ2v) is 7.24. The molecule has 17 heavy (non-hydrogen) atoms. The van der Waals surface area contributed by atoms with Gasteiger partial charge in [-0.3, -0.25) is 0 Å². The van der Waals surface area contributed by atoms with E-state index in [0.29, 0.717) is 4.34 Å². The lowest BCUT2D eigenvalue weighted by Crippen LogP contribution is -2.53. The molecule has 5 nitrogen and oxygen atoms in total. The summed E-state index contributed by atoms with van der Waals surface area (Å²) in [6.45, 7) is 0.729. The zero-order chi connectivity index (χ0) is 13.1. The van der Waals surface area contributed by atoms with E-state index in [1.807, 2.05) is 0 Å². The van der Waals surface area contributed by atoms with Crippen molar-refractivity contribution in [2.75, 3.05) is 13.2 Å². The van der Waals surface area contributed by atoms with Gasteiger partial charge in [0.1, 0.15) is 4.21 Å². The van der Waals surface area contributed by atoms with E-state index in [1.54, 1.807) is 6.92 Å². The molecule has 0 saturated heterocycles. The van der Waals surface area contributed by atoms with Crippen molar-refractivity contribution in [1.82, 2.24) is 4.72 Å². The Labute approximate surface area is 109 Å². The highest BCUT2D eigenvalue weighted by atomic mass is 35.5. The van der Waals surface area contributed by atoms with E-state index in [4.69, 9.17) is 11.6 Å². The molecule has 0 aromatic carbocycles. The highest BCUT2D eigenvalue weighted by molar-refractivity contribution is 7.91. The molecule has 8 heteroatoms. The van der Waals surface area contributed by atoms with E-state index in [0.717, 1.165) is 11.3 Å². The smallest absolute Gasteiger partial charge is 0.250 e. The minimum Gasteiger partial charge on any atom is -0.394 e. The lowest BCUT2D eigenvalue weighted by molar-refractivity contribution is 0.105. The van der Waals surface area contributed by atoms with Crippen LogP contribution in [0.3, 0.4) is 0 Å². The van der Waals surface area contributed by atoms with Gasteiger partial charge in [0.05, 0.1) is 23.1 Å². The molecule has 0 aliphatic heterocycles. The lowest BCUT2D eigenvalue weighted by atomic mass is 10.0. The summed E-state index contributed by atoms with van der Waals surface area (Å²) in [5, 5.41) is 18.4.